The topological polar surface area (TPSA) is 43.3 Å². The Bertz CT molecular complexity index is 630. The van der Waals surface area contributed by atoms with Gasteiger partial charge in [0.25, 0.3) is 0 Å². The molecule has 2 fully saturated rings. The normalized spacial score (nSPS) is 18.3. The van der Waals surface area contributed by atoms with Gasteiger partial charge in [-0.2, -0.15) is 0 Å². The maximum atomic E-state index is 5.48. The van der Waals surface area contributed by atoms with E-state index >= 15 is 0 Å². The average Bonchev–Trinajstić information content (AvgIpc) is 2.83. The number of aliphatic imine (C=N–C) groups is 1. The van der Waals surface area contributed by atoms with Gasteiger partial charge in [0, 0.05) is 71.8 Å². The van der Waals surface area contributed by atoms with Gasteiger partial charge in [-0.05, 0) is 63.6 Å². The molecule has 6 nitrogen and oxygen atoms in total. The highest BCUT2D eigenvalue weighted by molar-refractivity contribution is 14.0. The molecule has 0 atom stereocenters. The van der Waals surface area contributed by atoms with Gasteiger partial charge in [-0.1, -0.05) is 18.2 Å². The minimum Gasteiger partial charge on any atom is -0.381 e. The summed E-state index contributed by atoms with van der Waals surface area (Å²) in [5.74, 6) is 1.87. The molecule has 2 aliphatic rings. The Balaban J connectivity index is 0.00000363. The van der Waals surface area contributed by atoms with E-state index in [1.54, 1.807) is 0 Å². The number of halogens is 1. The van der Waals surface area contributed by atoms with E-state index in [-0.39, 0.29) is 24.0 Å². The molecule has 32 heavy (non-hydrogen) atoms. The SMILES string of the molecule is CCNC(=NCCCCN1CCN(c2ccccc2)CC1)N(C)CCC1CCOCC1.I. The molecule has 2 heterocycles. The summed E-state index contributed by atoms with van der Waals surface area (Å²) in [4.78, 5) is 12.3. The van der Waals surface area contributed by atoms with E-state index in [1.165, 1.54) is 37.9 Å². The largest absolute Gasteiger partial charge is 0.381 e. The predicted octanol–water partition coefficient (Wildman–Crippen LogP) is 3.92. The number of rotatable bonds is 10. The van der Waals surface area contributed by atoms with Gasteiger partial charge < -0.3 is 19.9 Å². The number of piperazine rings is 1. The average molecular weight is 558 g/mol. The van der Waals surface area contributed by atoms with E-state index in [0.29, 0.717) is 0 Å². The second kappa shape index (κ2) is 15.7. The third-order valence-electron chi connectivity index (χ3n) is 6.55. The zero-order valence-electron chi connectivity index (χ0n) is 20.2. The number of nitrogens with one attached hydrogen (secondary N) is 1. The molecule has 0 unspecified atom stereocenters. The van der Waals surface area contributed by atoms with Crippen LogP contribution in [0.25, 0.3) is 0 Å². The quantitative estimate of drug-likeness (QED) is 0.205. The van der Waals surface area contributed by atoms with Crippen molar-refractivity contribution in [1.29, 1.82) is 0 Å². The van der Waals surface area contributed by atoms with E-state index < -0.39 is 0 Å². The van der Waals surface area contributed by atoms with Gasteiger partial charge in [-0.25, -0.2) is 0 Å². The van der Waals surface area contributed by atoms with Crippen molar-refractivity contribution < 1.29 is 4.74 Å². The minimum atomic E-state index is 0. The van der Waals surface area contributed by atoms with Gasteiger partial charge in [-0.15, -0.1) is 24.0 Å². The highest BCUT2D eigenvalue weighted by Gasteiger charge is 2.17. The molecule has 0 aliphatic carbocycles. The molecule has 0 amide bonds. The van der Waals surface area contributed by atoms with Crippen LogP contribution in [-0.4, -0.2) is 88.4 Å². The van der Waals surface area contributed by atoms with Crippen LogP contribution in [-0.2, 0) is 4.74 Å². The molecule has 0 radical (unpaired) electrons. The van der Waals surface area contributed by atoms with Crippen molar-refractivity contribution in [2.45, 2.75) is 39.0 Å². The first-order valence-electron chi connectivity index (χ1n) is 12.4. The third-order valence-corrected chi connectivity index (χ3v) is 6.55. The van der Waals surface area contributed by atoms with Crippen LogP contribution in [0, 0.1) is 5.92 Å². The van der Waals surface area contributed by atoms with Crippen LogP contribution in [0.4, 0.5) is 5.69 Å². The summed E-state index contributed by atoms with van der Waals surface area (Å²) in [7, 11) is 2.17. The molecule has 1 N–H and O–H groups in total. The van der Waals surface area contributed by atoms with Crippen LogP contribution in [0.15, 0.2) is 35.3 Å². The first kappa shape index (κ1) is 27.2. The Labute approximate surface area is 212 Å². The molecule has 0 aromatic heterocycles. The molecule has 0 saturated carbocycles. The Kier molecular flexibility index (Phi) is 13.4. The molecular weight excluding hydrogens is 513 g/mol. The van der Waals surface area contributed by atoms with Crippen LogP contribution >= 0.6 is 24.0 Å². The van der Waals surface area contributed by atoms with Gasteiger partial charge in [0.05, 0.1) is 0 Å². The highest BCUT2D eigenvalue weighted by Crippen LogP contribution is 2.18. The second-order valence-electron chi connectivity index (χ2n) is 8.87. The Hall–Kier alpha value is -1.06. The lowest BCUT2D eigenvalue weighted by molar-refractivity contribution is 0.0625. The Morgan fingerprint density at radius 3 is 2.50 bits per heavy atom. The lowest BCUT2D eigenvalue weighted by atomic mass is 9.96. The zero-order chi connectivity index (χ0) is 21.7. The van der Waals surface area contributed by atoms with E-state index in [2.05, 4.69) is 64.3 Å². The molecular formula is C25H44IN5O. The fraction of sp³-hybridized carbons (Fsp3) is 0.720. The fourth-order valence-electron chi connectivity index (χ4n) is 4.49. The predicted molar refractivity (Wildman–Crippen MR) is 147 cm³/mol. The maximum Gasteiger partial charge on any atom is 0.193 e. The van der Waals surface area contributed by atoms with E-state index in [4.69, 9.17) is 9.73 Å². The summed E-state index contributed by atoms with van der Waals surface area (Å²) >= 11 is 0. The van der Waals surface area contributed by atoms with Crippen molar-refractivity contribution in [2.24, 2.45) is 10.9 Å². The molecule has 0 spiro atoms. The second-order valence-corrected chi connectivity index (χ2v) is 8.87. The molecule has 0 bridgehead atoms. The molecule has 2 saturated heterocycles. The number of hydrogen-bond acceptors (Lipinski definition) is 4. The summed E-state index contributed by atoms with van der Waals surface area (Å²) in [6, 6.07) is 10.8. The van der Waals surface area contributed by atoms with Gasteiger partial charge in [-0.3, -0.25) is 9.89 Å². The summed E-state index contributed by atoms with van der Waals surface area (Å²) in [6.07, 6.45) is 6.03. The van der Waals surface area contributed by atoms with E-state index in [9.17, 15) is 0 Å². The first-order valence-corrected chi connectivity index (χ1v) is 12.4. The standard InChI is InChI=1S/C25H43N5O.HI/c1-3-26-25(28(2)16-11-23-12-21-31-22-13-23)27-14-7-8-15-29-17-19-30(20-18-29)24-9-5-4-6-10-24;/h4-6,9-10,23H,3,7-8,11-22H2,1-2H3,(H,26,27);1H. The lowest BCUT2D eigenvalue weighted by Gasteiger charge is -2.36. The van der Waals surface area contributed by atoms with Crippen molar-refractivity contribution in [3.63, 3.8) is 0 Å². The van der Waals surface area contributed by atoms with Gasteiger partial charge in [0.2, 0.25) is 0 Å². The fourth-order valence-corrected chi connectivity index (χ4v) is 4.49. The molecule has 7 heteroatoms. The number of para-hydroxylation sites is 1. The van der Waals surface area contributed by atoms with Gasteiger partial charge >= 0.3 is 0 Å². The molecule has 3 rings (SSSR count). The van der Waals surface area contributed by atoms with Gasteiger partial charge in [0.1, 0.15) is 0 Å². The Morgan fingerprint density at radius 1 is 1.09 bits per heavy atom. The summed E-state index contributed by atoms with van der Waals surface area (Å²) in [6.45, 7) is 12.7. The third kappa shape index (κ3) is 9.43. The summed E-state index contributed by atoms with van der Waals surface area (Å²) in [5.41, 5.74) is 1.35. The van der Waals surface area contributed by atoms with Crippen LogP contribution in [0.3, 0.4) is 0 Å². The molecule has 182 valence electrons. The number of guanidine groups is 1. The van der Waals surface area contributed by atoms with Crippen LogP contribution in [0.1, 0.15) is 39.0 Å². The molecule has 1 aromatic rings. The number of anilines is 1. The number of ether oxygens (including phenoxy) is 1. The van der Waals surface area contributed by atoms with E-state index in [0.717, 1.165) is 77.3 Å². The number of hydrogen-bond donors (Lipinski definition) is 1. The minimum absolute atomic E-state index is 0. The molecule has 2 aliphatic heterocycles. The van der Waals surface area contributed by atoms with Crippen molar-refractivity contribution in [3.8, 4) is 0 Å². The molecule has 1 aromatic carbocycles. The highest BCUT2D eigenvalue weighted by atomic mass is 127. The number of benzene rings is 1. The van der Waals surface area contributed by atoms with E-state index in [1.807, 2.05) is 0 Å². The van der Waals surface area contributed by atoms with Crippen molar-refractivity contribution in [1.82, 2.24) is 15.1 Å². The number of nitrogens with zero attached hydrogens (tertiary/aromatic N) is 4. The number of unbranched alkanes of at least 4 members (excludes halogenated alkanes) is 1. The van der Waals surface area contributed by atoms with Crippen LogP contribution in [0.5, 0.6) is 0 Å². The maximum absolute atomic E-state index is 5.48. The first-order chi connectivity index (χ1) is 15.3. The van der Waals surface area contributed by atoms with Crippen LogP contribution in [0.2, 0.25) is 0 Å². The lowest BCUT2D eigenvalue weighted by Crippen LogP contribution is -2.46. The summed E-state index contributed by atoms with van der Waals surface area (Å²) < 4.78 is 5.48. The van der Waals surface area contributed by atoms with Crippen molar-refractivity contribution >= 4 is 35.6 Å². The summed E-state index contributed by atoms with van der Waals surface area (Å²) in [5, 5.41) is 3.47. The van der Waals surface area contributed by atoms with Crippen LogP contribution < -0.4 is 10.2 Å². The van der Waals surface area contributed by atoms with Crippen molar-refractivity contribution in [2.75, 3.05) is 77.5 Å². The Morgan fingerprint density at radius 2 is 1.81 bits per heavy atom. The monoisotopic (exact) mass is 557 g/mol. The zero-order valence-corrected chi connectivity index (χ0v) is 22.5. The van der Waals surface area contributed by atoms with Crippen molar-refractivity contribution in [3.05, 3.63) is 30.3 Å². The van der Waals surface area contributed by atoms with Gasteiger partial charge in [0.15, 0.2) is 5.96 Å². The smallest absolute Gasteiger partial charge is 0.193 e.